The molecule has 0 saturated carbocycles. The molecule has 0 fully saturated rings. The molecule has 0 unspecified atom stereocenters. The van der Waals surface area contributed by atoms with Crippen molar-refractivity contribution in [2.45, 2.75) is 78.3 Å². The van der Waals surface area contributed by atoms with Crippen LogP contribution < -0.4 is 0 Å². The fourth-order valence-corrected chi connectivity index (χ4v) is 4.10. The molecule has 0 spiro atoms. The van der Waals surface area contributed by atoms with Crippen LogP contribution in [0.15, 0.2) is 48.5 Å². The average Bonchev–Trinajstić information content (AvgIpc) is 2.75. The molecule has 0 saturated heterocycles. The fourth-order valence-electron chi connectivity index (χ4n) is 4.10. The minimum absolute atomic E-state index is 1.03. The van der Waals surface area contributed by atoms with Gasteiger partial charge in [-0.2, -0.15) is 0 Å². The number of rotatable bonds is 15. The molecular formula is C28H44N2. The first-order chi connectivity index (χ1) is 14.6. The molecule has 0 bridgehead atoms. The molecule has 0 heterocycles. The third-order valence-electron chi connectivity index (χ3n) is 5.88. The lowest BCUT2D eigenvalue weighted by Crippen LogP contribution is -2.19. The largest absolute Gasteiger partial charge is 0.302 e. The zero-order valence-electron chi connectivity index (χ0n) is 20.0. The van der Waals surface area contributed by atoms with Gasteiger partial charge in [-0.25, -0.2) is 0 Å². The van der Waals surface area contributed by atoms with Crippen LogP contribution in [0, 0.1) is 0 Å². The Morgan fingerprint density at radius 1 is 0.567 bits per heavy atom. The highest BCUT2D eigenvalue weighted by Crippen LogP contribution is 2.23. The second kappa shape index (κ2) is 14.4. The minimum Gasteiger partial charge on any atom is -0.302 e. The Kier molecular flexibility index (Phi) is 11.8. The van der Waals surface area contributed by atoms with Gasteiger partial charge in [-0.05, 0) is 74.4 Å². The molecule has 0 N–H and O–H groups in total. The lowest BCUT2D eigenvalue weighted by Gasteiger charge is -2.18. The zero-order chi connectivity index (χ0) is 21.6. The summed E-state index contributed by atoms with van der Waals surface area (Å²) in [7, 11) is 4.49. The van der Waals surface area contributed by atoms with Crippen molar-refractivity contribution in [3.63, 3.8) is 0 Å². The van der Waals surface area contributed by atoms with Crippen LogP contribution in [0.5, 0.6) is 0 Å². The van der Waals surface area contributed by atoms with Crippen molar-refractivity contribution in [2.75, 3.05) is 27.2 Å². The molecule has 2 nitrogen and oxygen atoms in total. The van der Waals surface area contributed by atoms with Crippen molar-refractivity contribution in [2.24, 2.45) is 0 Å². The molecule has 2 aromatic rings. The highest BCUT2D eigenvalue weighted by molar-refractivity contribution is 5.64. The summed E-state index contributed by atoms with van der Waals surface area (Å²) in [6.07, 6.45) is 10.6. The summed E-state index contributed by atoms with van der Waals surface area (Å²) in [6.45, 7) is 8.97. The highest BCUT2D eigenvalue weighted by Gasteiger charge is 2.06. The molecule has 30 heavy (non-hydrogen) atoms. The number of hydrogen-bond acceptors (Lipinski definition) is 2. The van der Waals surface area contributed by atoms with E-state index in [-0.39, 0.29) is 0 Å². The van der Waals surface area contributed by atoms with E-state index in [0.717, 1.165) is 13.1 Å². The Hall–Kier alpha value is -1.64. The van der Waals surface area contributed by atoms with Gasteiger partial charge < -0.3 is 9.80 Å². The summed E-state index contributed by atoms with van der Waals surface area (Å²) < 4.78 is 0. The SMILES string of the molecule is CCCCCCN(C)Cc1cccc(-c2cccc(CN(C)CCCCCC)c2)c1. The van der Waals surface area contributed by atoms with Gasteiger partial charge in [0.25, 0.3) is 0 Å². The maximum Gasteiger partial charge on any atom is 0.0230 e. The quantitative estimate of drug-likeness (QED) is 0.284. The van der Waals surface area contributed by atoms with Crippen LogP contribution in [0.2, 0.25) is 0 Å². The first-order valence-corrected chi connectivity index (χ1v) is 12.2. The molecule has 0 atom stereocenters. The monoisotopic (exact) mass is 408 g/mol. The molecule has 0 aliphatic rings. The molecule has 0 aromatic heterocycles. The first-order valence-electron chi connectivity index (χ1n) is 12.2. The summed E-state index contributed by atoms with van der Waals surface area (Å²) in [4.78, 5) is 4.91. The van der Waals surface area contributed by atoms with Gasteiger partial charge in [-0.3, -0.25) is 0 Å². The fraction of sp³-hybridized carbons (Fsp3) is 0.571. The maximum atomic E-state index is 2.46. The lowest BCUT2D eigenvalue weighted by molar-refractivity contribution is 0.317. The van der Waals surface area contributed by atoms with Gasteiger partial charge in [-0.1, -0.05) is 88.8 Å². The standard InChI is InChI=1S/C28H44N2/c1-5-7-9-11-19-29(3)23-25-15-13-17-27(21-25)28-18-14-16-26(22-28)24-30(4)20-12-10-8-6-2/h13-18,21-22H,5-12,19-20,23-24H2,1-4H3. The van der Waals surface area contributed by atoms with Crippen LogP contribution in [0.25, 0.3) is 11.1 Å². The Morgan fingerprint density at radius 3 is 1.40 bits per heavy atom. The summed E-state index contributed by atoms with van der Waals surface area (Å²) in [6, 6.07) is 18.2. The maximum absolute atomic E-state index is 2.46. The van der Waals surface area contributed by atoms with Gasteiger partial charge in [0.15, 0.2) is 0 Å². The second-order valence-electron chi connectivity index (χ2n) is 9.00. The van der Waals surface area contributed by atoms with E-state index in [0.29, 0.717) is 0 Å². The van der Waals surface area contributed by atoms with Crippen molar-refractivity contribution in [1.29, 1.82) is 0 Å². The summed E-state index contributed by atoms with van der Waals surface area (Å²) in [5.74, 6) is 0. The predicted molar refractivity (Wildman–Crippen MR) is 133 cm³/mol. The average molecular weight is 409 g/mol. The molecule has 0 aliphatic carbocycles. The van der Waals surface area contributed by atoms with Crippen molar-refractivity contribution in [3.05, 3.63) is 59.7 Å². The first kappa shape index (κ1) is 24.6. The molecule has 2 rings (SSSR count). The van der Waals surface area contributed by atoms with E-state index < -0.39 is 0 Å². The van der Waals surface area contributed by atoms with E-state index in [1.807, 2.05) is 0 Å². The topological polar surface area (TPSA) is 6.48 Å². The molecule has 0 amide bonds. The molecule has 2 heteroatoms. The van der Waals surface area contributed by atoms with Crippen molar-refractivity contribution < 1.29 is 0 Å². The van der Waals surface area contributed by atoms with Gasteiger partial charge in [-0.15, -0.1) is 0 Å². The smallest absolute Gasteiger partial charge is 0.0230 e. The molecular weight excluding hydrogens is 364 g/mol. The lowest BCUT2D eigenvalue weighted by atomic mass is 10.0. The van der Waals surface area contributed by atoms with Crippen LogP contribution in [-0.2, 0) is 13.1 Å². The van der Waals surface area contributed by atoms with Gasteiger partial charge in [0, 0.05) is 13.1 Å². The van der Waals surface area contributed by atoms with Gasteiger partial charge in [0.05, 0.1) is 0 Å². The molecule has 0 radical (unpaired) electrons. The Morgan fingerprint density at radius 2 is 1.00 bits per heavy atom. The van der Waals surface area contributed by atoms with Gasteiger partial charge in [0.1, 0.15) is 0 Å². The van der Waals surface area contributed by atoms with Gasteiger partial charge >= 0.3 is 0 Å². The predicted octanol–water partition coefficient (Wildman–Crippen LogP) is 7.38. The van der Waals surface area contributed by atoms with Crippen molar-refractivity contribution in [1.82, 2.24) is 9.80 Å². The second-order valence-corrected chi connectivity index (χ2v) is 9.00. The third-order valence-corrected chi connectivity index (χ3v) is 5.88. The van der Waals surface area contributed by atoms with Crippen LogP contribution in [-0.4, -0.2) is 37.0 Å². The number of benzene rings is 2. The Bertz CT molecular complexity index is 648. The molecule has 166 valence electrons. The van der Waals surface area contributed by atoms with E-state index in [1.54, 1.807) is 0 Å². The van der Waals surface area contributed by atoms with E-state index >= 15 is 0 Å². The normalized spacial score (nSPS) is 11.5. The summed E-state index contributed by atoms with van der Waals surface area (Å²) in [5, 5.41) is 0. The zero-order valence-corrected chi connectivity index (χ0v) is 20.0. The van der Waals surface area contributed by atoms with Crippen LogP contribution in [0.3, 0.4) is 0 Å². The molecule has 2 aromatic carbocycles. The third kappa shape index (κ3) is 9.45. The van der Waals surface area contributed by atoms with Crippen LogP contribution >= 0.6 is 0 Å². The van der Waals surface area contributed by atoms with E-state index in [2.05, 4.69) is 86.3 Å². The van der Waals surface area contributed by atoms with Gasteiger partial charge in [0.2, 0.25) is 0 Å². The van der Waals surface area contributed by atoms with Crippen LogP contribution in [0.4, 0.5) is 0 Å². The number of nitrogens with zero attached hydrogens (tertiary/aromatic N) is 2. The van der Waals surface area contributed by atoms with Crippen LogP contribution in [0.1, 0.15) is 76.3 Å². The Balaban J connectivity index is 1.92. The molecule has 0 aliphatic heterocycles. The van der Waals surface area contributed by atoms with E-state index in [1.165, 1.54) is 86.7 Å². The van der Waals surface area contributed by atoms with E-state index in [4.69, 9.17) is 0 Å². The minimum atomic E-state index is 1.03. The summed E-state index contributed by atoms with van der Waals surface area (Å²) >= 11 is 0. The van der Waals surface area contributed by atoms with E-state index in [9.17, 15) is 0 Å². The number of unbranched alkanes of at least 4 members (excludes halogenated alkanes) is 6. The summed E-state index contributed by atoms with van der Waals surface area (Å²) in [5.41, 5.74) is 5.48. The number of hydrogen-bond donors (Lipinski definition) is 0. The van der Waals surface area contributed by atoms with Crippen molar-refractivity contribution in [3.8, 4) is 11.1 Å². The highest BCUT2D eigenvalue weighted by atomic mass is 15.1. The van der Waals surface area contributed by atoms with Crippen molar-refractivity contribution >= 4 is 0 Å². The Labute approximate surface area is 186 Å².